The minimum absolute atomic E-state index is 0.297. The lowest BCUT2D eigenvalue weighted by Crippen LogP contribution is -2.38. The van der Waals surface area contributed by atoms with E-state index in [1.165, 1.54) is 0 Å². The van der Waals surface area contributed by atoms with Gasteiger partial charge in [-0.25, -0.2) is 0 Å². The third kappa shape index (κ3) is 3.22. The molecule has 8 nitrogen and oxygen atoms in total. The number of pyridine rings is 1. The van der Waals surface area contributed by atoms with Crippen molar-refractivity contribution in [3.63, 3.8) is 0 Å². The van der Waals surface area contributed by atoms with Crippen molar-refractivity contribution in [2.45, 2.75) is 12.3 Å². The maximum atomic E-state index is 11.7. The molecule has 0 saturated heterocycles. The highest BCUT2D eigenvalue weighted by atomic mass is 16.5. The molecule has 4 N–H and O–H groups in total. The first-order chi connectivity index (χ1) is 15.5. The van der Waals surface area contributed by atoms with Gasteiger partial charge in [-0.15, -0.1) is 0 Å². The molecule has 2 aromatic heterocycles. The van der Waals surface area contributed by atoms with Gasteiger partial charge in [-0.1, -0.05) is 18.2 Å². The number of aromatic nitrogens is 3. The van der Waals surface area contributed by atoms with E-state index in [0.717, 1.165) is 27.6 Å². The van der Waals surface area contributed by atoms with Crippen LogP contribution in [-0.4, -0.2) is 27.0 Å². The van der Waals surface area contributed by atoms with E-state index in [1.807, 2.05) is 36.4 Å². The van der Waals surface area contributed by atoms with Crippen molar-refractivity contribution < 1.29 is 14.3 Å². The maximum absolute atomic E-state index is 11.7. The number of rotatable bonds is 6. The van der Waals surface area contributed by atoms with Crippen LogP contribution in [0.15, 0.2) is 73.2 Å². The van der Waals surface area contributed by atoms with Crippen LogP contribution in [0.2, 0.25) is 0 Å². The number of carbonyl (C=O) groups excluding carboxylic acids is 2. The number of ether oxygens (including phenoxy) is 1. The summed E-state index contributed by atoms with van der Waals surface area (Å²) in [5.41, 5.74) is 13.1. The minimum Gasteiger partial charge on any atom is -0.457 e. The van der Waals surface area contributed by atoms with Crippen molar-refractivity contribution in [2.75, 3.05) is 0 Å². The molecule has 2 heterocycles. The van der Waals surface area contributed by atoms with E-state index in [0.29, 0.717) is 17.9 Å². The normalized spacial score (nSPS) is 16.4. The second kappa shape index (κ2) is 7.42. The lowest BCUT2D eigenvalue weighted by Gasteiger charge is -2.11. The summed E-state index contributed by atoms with van der Waals surface area (Å²) in [6.07, 6.45) is 5.38. The highest BCUT2D eigenvalue weighted by molar-refractivity contribution is 6.08. The average Bonchev–Trinajstić information content (AvgIpc) is 3.58. The van der Waals surface area contributed by atoms with Crippen LogP contribution in [0.25, 0.3) is 22.0 Å². The van der Waals surface area contributed by atoms with Gasteiger partial charge in [0, 0.05) is 23.1 Å². The number of nitrogens with two attached hydrogens (primary N) is 2. The van der Waals surface area contributed by atoms with Gasteiger partial charge in [0.25, 0.3) is 0 Å². The fourth-order valence-electron chi connectivity index (χ4n) is 4.08. The predicted molar refractivity (Wildman–Crippen MR) is 117 cm³/mol. The molecule has 32 heavy (non-hydrogen) atoms. The van der Waals surface area contributed by atoms with E-state index in [4.69, 9.17) is 16.2 Å². The van der Waals surface area contributed by atoms with Crippen molar-refractivity contribution in [3.05, 3.63) is 78.8 Å². The Hall–Kier alpha value is -4.33. The third-order valence-electron chi connectivity index (χ3n) is 5.97. The van der Waals surface area contributed by atoms with Crippen LogP contribution >= 0.6 is 0 Å². The smallest absolute Gasteiger partial charge is 0.233 e. The van der Waals surface area contributed by atoms with Crippen LogP contribution in [0.1, 0.15) is 17.9 Å². The highest BCUT2D eigenvalue weighted by Gasteiger charge is 2.64. The van der Waals surface area contributed by atoms with Crippen molar-refractivity contribution >= 4 is 22.7 Å². The fraction of sp³-hybridized carbons (Fsp3) is 0.125. The molecule has 1 unspecified atom stereocenters. The van der Waals surface area contributed by atoms with Crippen molar-refractivity contribution in [1.82, 2.24) is 15.2 Å². The van der Waals surface area contributed by atoms with Gasteiger partial charge in [0.2, 0.25) is 11.8 Å². The lowest BCUT2D eigenvalue weighted by atomic mass is 9.97. The molecule has 0 spiro atoms. The first kappa shape index (κ1) is 19.6. The molecule has 1 aliphatic carbocycles. The zero-order chi connectivity index (χ0) is 22.3. The molecule has 1 fully saturated rings. The Morgan fingerprint density at radius 3 is 2.34 bits per heavy atom. The molecule has 0 bridgehead atoms. The number of hydrogen-bond acceptors (Lipinski definition) is 6. The average molecular weight is 425 g/mol. The summed E-state index contributed by atoms with van der Waals surface area (Å²) in [7, 11) is 0. The second-order valence-corrected chi connectivity index (χ2v) is 7.80. The molecule has 0 radical (unpaired) electrons. The number of amides is 2. The van der Waals surface area contributed by atoms with Crippen molar-refractivity contribution in [2.24, 2.45) is 16.9 Å². The van der Waals surface area contributed by atoms with Crippen LogP contribution < -0.4 is 16.2 Å². The number of carbonyl (C=O) groups is 2. The highest BCUT2D eigenvalue weighted by Crippen LogP contribution is 2.59. The maximum Gasteiger partial charge on any atom is 0.233 e. The summed E-state index contributed by atoms with van der Waals surface area (Å²) >= 11 is 0. The standard InChI is InChI=1S/C24H19N5O3/c25-22(30)24(23(26)31)12-19(24)14-1-4-17(5-2-14)32-21-8-9-27-20-11-15(3-6-18(20)21)16-7-10-28-29-13-16/h1-11,13,19H,12H2,(H2,25,30)(H2,26,31). The van der Waals surface area contributed by atoms with Gasteiger partial charge in [0.15, 0.2) is 0 Å². The minimum atomic E-state index is -1.29. The largest absolute Gasteiger partial charge is 0.457 e. The molecule has 8 heteroatoms. The van der Waals surface area contributed by atoms with Crippen LogP contribution in [0, 0.1) is 5.41 Å². The van der Waals surface area contributed by atoms with Crippen LogP contribution in [0.3, 0.4) is 0 Å². The Balaban J connectivity index is 1.39. The van der Waals surface area contributed by atoms with E-state index >= 15 is 0 Å². The summed E-state index contributed by atoms with van der Waals surface area (Å²) in [5.74, 6) is -0.374. The molecular weight excluding hydrogens is 406 g/mol. The monoisotopic (exact) mass is 425 g/mol. The van der Waals surface area contributed by atoms with Gasteiger partial charge in [0.1, 0.15) is 16.9 Å². The topological polar surface area (TPSA) is 134 Å². The summed E-state index contributed by atoms with van der Waals surface area (Å²) in [6.45, 7) is 0. The molecule has 0 aliphatic heterocycles. The molecule has 158 valence electrons. The van der Waals surface area contributed by atoms with Crippen molar-refractivity contribution in [3.8, 4) is 22.6 Å². The number of primary amides is 2. The Bertz CT molecular complexity index is 1330. The fourth-order valence-corrected chi connectivity index (χ4v) is 4.08. The van der Waals surface area contributed by atoms with Gasteiger partial charge in [-0.2, -0.15) is 10.2 Å². The van der Waals surface area contributed by atoms with E-state index in [1.54, 1.807) is 36.8 Å². The number of benzene rings is 2. The molecule has 1 saturated carbocycles. The number of hydrogen-bond donors (Lipinski definition) is 2. The van der Waals surface area contributed by atoms with Gasteiger partial charge < -0.3 is 16.2 Å². The van der Waals surface area contributed by atoms with Gasteiger partial charge >= 0.3 is 0 Å². The zero-order valence-electron chi connectivity index (χ0n) is 16.9. The van der Waals surface area contributed by atoms with Gasteiger partial charge in [-0.3, -0.25) is 14.6 Å². The Kier molecular flexibility index (Phi) is 4.55. The molecule has 1 atom stereocenters. The van der Waals surface area contributed by atoms with E-state index < -0.39 is 17.2 Å². The second-order valence-electron chi connectivity index (χ2n) is 7.80. The first-order valence-corrected chi connectivity index (χ1v) is 10.0. The van der Waals surface area contributed by atoms with E-state index in [2.05, 4.69) is 15.2 Å². The van der Waals surface area contributed by atoms with Gasteiger partial charge in [0.05, 0.1) is 17.9 Å². The number of fused-ring (bicyclic) bond motifs is 1. The molecule has 2 amide bonds. The summed E-state index contributed by atoms with van der Waals surface area (Å²) in [4.78, 5) is 27.9. The summed E-state index contributed by atoms with van der Waals surface area (Å²) in [6, 6.07) is 16.8. The summed E-state index contributed by atoms with van der Waals surface area (Å²) in [5, 5.41) is 8.60. The van der Waals surface area contributed by atoms with E-state index in [-0.39, 0.29) is 5.92 Å². The Morgan fingerprint density at radius 1 is 0.906 bits per heavy atom. The van der Waals surface area contributed by atoms with Crippen LogP contribution in [-0.2, 0) is 9.59 Å². The van der Waals surface area contributed by atoms with Crippen LogP contribution in [0.5, 0.6) is 11.5 Å². The summed E-state index contributed by atoms with van der Waals surface area (Å²) < 4.78 is 6.09. The first-order valence-electron chi connectivity index (χ1n) is 10.0. The zero-order valence-corrected chi connectivity index (χ0v) is 16.9. The van der Waals surface area contributed by atoms with Crippen LogP contribution in [0.4, 0.5) is 0 Å². The van der Waals surface area contributed by atoms with Crippen molar-refractivity contribution in [1.29, 1.82) is 0 Å². The Labute approximate surface area is 183 Å². The SMILES string of the molecule is NC(=O)C1(C(N)=O)CC1c1ccc(Oc2ccnc3cc(-c4ccnnc4)ccc23)cc1. The quantitative estimate of drug-likeness (QED) is 0.456. The van der Waals surface area contributed by atoms with Gasteiger partial charge in [-0.05, 0) is 53.9 Å². The predicted octanol–water partition coefficient (Wildman–Crippen LogP) is 2.93. The third-order valence-corrected chi connectivity index (χ3v) is 5.97. The molecule has 5 rings (SSSR count). The number of nitrogens with zero attached hydrogens (tertiary/aromatic N) is 3. The van der Waals surface area contributed by atoms with E-state index in [9.17, 15) is 9.59 Å². The molecule has 4 aromatic rings. The lowest BCUT2D eigenvalue weighted by molar-refractivity contribution is -0.133. The Morgan fingerprint density at radius 2 is 1.69 bits per heavy atom. The molecule has 2 aromatic carbocycles. The molecule has 1 aliphatic rings. The molecular formula is C24H19N5O3.